The molecule has 0 spiro atoms. The fraction of sp³-hybridized carbons (Fsp3) is 0.538. The highest BCUT2D eigenvalue weighted by atomic mass is 19.1. The quantitative estimate of drug-likeness (QED) is 0.310. The number of halogens is 1. The highest BCUT2D eigenvalue weighted by molar-refractivity contribution is 5.84. The van der Waals surface area contributed by atoms with E-state index in [0.29, 0.717) is 0 Å². The van der Waals surface area contributed by atoms with Crippen LogP contribution in [0.15, 0.2) is 34.7 Å². The zero-order valence-corrected chi connectivity index (χ0v) is 11.9. The molecule has 0 rings (SSSR count). The van der Waals surface area contributed by atoms with Crippen LogP contribution in [0.1, 0.15) is 13.8 Å². The zero-order chi connectivity index (χ0) is 14.8. The first-order chi connectivity index (χ1) is 8.90. The van der Waals surface area contributed by atoms with E-state index in [1.165, 1.54) is 14.2 Å². The van der Waals surface area contributed by atoms with E-state index in [9.17, 15) is 4.39 Å². The van der Waals surface area contributed by atoms with Crippen molar-refractivity contribution in [1.82, 2.24) is 0 Å². The summed E-state index contributed by atoms with van der Waals surface area (Å²) in [5.74, 6) is -0.535. The first kappa shape index (κ1) is 17.5. The summed E-state index contributed by atoms with van der Waals surface area (Å²) in [5, 5.41) is 0. The zero-order valence-electron chi connectivity index (χ0n) is 11.9. The summed E-state index contributed by atoms with van der Waals surface area (Å²) in [6, 6.07) is -0.0170. The van der Waals surface area contributed by atoms with E-state index in [1.807, 2.05) is 13.8 Å². The van der Waals surface area contributed by atoms with E-state index in [-0.39, 0.29) is 24.2 Å². The number of rotatable bonds is 7. The minimum absolute atomic E-state index is 0.0170. The largest absolute Gasteiger partial charge is 0.458 e. The molecule has 19 heavy (non-hydrogen) atoms. The molecule has 6 heteroatoms. The van der Waals surface area contributed by atoms with Gasteiger partial charge in [-0.1, -0.05) is 27.0 Å². The third kappa shape index (κ3) is 8.23. The summed E-state index contributed by atoms with van der Waals surface area (Å²) in [6.07, 6.45) is 1.07. The van der Waals surface area contributed by atoms with Crippen LogP contribution in [0, 0.1) is 5.92 Å². The fourth-order valence-corrected chi connectivity index (χ4v) is 0.862. The summed E-state index contributed by atoms with van der Waals surface area (Å²) in [5.41, 5.74) is -0.137. The Balaban J connectivity index is 4.77. The second-order valence-electron chi connectivity index (χ2n) is 3.98. The molecule has 0 aromatic carbocycles. The Morgan fingerprint density at radius 3 is 2.26 bits per heavy atom. The number of amidine groups is 1. The summed E-state index contributed by atoms with van der Waals surface area (Å²) in [7, 11) is 2.96. The van der Waals surface area contributed by atoms with Gasteiger partial charge in [0.25, 0.3) is 0 Å². The van der Waals surface area contributed by atoms with Gasteiger partial charge in [0.2, 0.25) is 0 Å². The van der Waals surface area contributed by atoms with Crippen molar-refractivity contribution in [2.75, 3.05) is 20.8 Å². The lowest BCUT2D eigenvalue weighted by molar-refractivity contribution is -0.124. The molecule has 0 bridgehead atoms. The van der Waals surface area contributed by atoms with Gasteiger partial charge in [0.15, 0.2) is 6.29 Å². The molecule has 0 saturated carbocycles. The molecule has 0 aliphatic carbocycles. The van der Waals surface area contributed by atoms with Crippen molar-refractivity contribution >= 4 is 12.2 Å². The van der Waals surface area contributed by atoms with E-state index in [1.54, 1.807) is 6.21 Å². The Morgan fingerprint density at radius 2 is 1.84 bits per heavy atom. The Morgan fingerprint density at radius 1 is 1.26 bits per heavy atom. The van der Waals surface area contributed by atoms with Gasteiger partial charge in [-0.3, -0.25) is 0 Å². The molecule has 0 amide bonds. The van der Waals surface area contributed by atoms with Crippen molar-refractivity contribution in [2.45, 2.75) is 20.1 Å². The maximum atomic E-state index is 12.8. The van der Waals surface area contributed by atoms with E-state index in [2.05, 4.69) is 23.1 Å². The summed E-state index contributed by atoms with van der Waals surface area (Å²) in [4.78, 5) is 7.81. The number of hydrogen-bond acceptors (Lipinski definition) is 4. The molecule has 0 N–H and O–H groups in total. The number of aliphatic imine (C=N–C) groups is 2. The van der Waals surface area contributed by atoms with Crippen LogP contribution in [0.4, 0.5) is 4.39 Å². The SMILES string of the molecule is C=C(F)C(=C)/N=C(\N=C/C(C)C)OCC(OC)OC. The van der Waals surface area contributed by atoms with Crippen LogP contribution in [0.3, 0.4) is 0 Å². The average Bonchev–Trinajstić information content (AvgIpc) is 2.36. The van der Waals surface area contributed by atoms with Crippen LogP contribution in [-0.2, 0) is 14.2 Å². The maximum absolute atomic E-state index is 12.8. The average molecular weight is 272 g/mol. The van der Waals surface area contributed by atoms with Crippen LogP contribution in [0.5, 0.6) is 0 Å². The van der Waals surface area contributed by atoms with Crippen LogP contribution in [0.25, 0.3) is 0 Å². The first-order valence-corrected chi connectivity index (χ1v) is 5.75. The van der Waals surface area contributed by atoms with E-state index in [4.69, 9.17) is 14.2 Å². The van der Waals surface area contributed by atoms with Gasteiger partial charge >= 0.3 is 6.02 Å². The first-order valence-electron chi connectivity index (χ1n) is 5.75. The number of allylic oxidation sites excluding steroid dienone is 1. The van der Waals surface area contributed by atoms with Gasteiger partial charge in [-0.05, 0) is 5.92 Å². The van der Waals surface area contributed by atoms with Gasteiger partial charge < -0.3 is 14.2 Å². The minimum Gasteiger partial charge on any atom is -0.458 e. The number of hydrogen-bond donors (Lipinski definition) is 0. The van der Waals surface area contributed by atoms with Crippen molar-refractivity contribution in [2.24, 2.45) is 15.9 Å². The van der Waals surface area contributed by atoms with E-state index >= 15 is 0 Å². The lowest BCUT2D eigenvalue weighted by atomic mass is 10.3. The number of nitrogens with zero attached hydrogens (tertiary/aromatic N) is 2. The highest BCUT2D eigenvalue weighted by Gasteiger charge is 2.09. The predicted octanol–water partition coefficient (Wildman–Crippen LogP) is 2.70. The molecule has 0 aromatic rings. The van der Waals surface area contributed by atoms with Crippen LogP contribution >= 0.6 is 0 Å². The standard InChI is InChI=1S/C13H21FN2O3/c1-9(2)7-15-13(16-11(4)10(3)14)19-8-12(17-5)18-6/h7,9,12H,3-4,8H2,1-2,5-6H3/b15-7-,16-13+. The molecule has 108 valence electrons. The molecule has 0 aliphatic heterocycles. The molecule has 0 aliphatic rings. The van der Waals surface area contributed by atoms with Gasteiger partial charge in [-0.15, -0.1) is 0 Å². The molecule has 0 atom stereocenters. The van der Waals surface area contributed by atoms with E-state index in [0.717, 1.165) is 0 Å². The predicted molar refractivity (Wildman–Crippen MR) is 73.9 cm³/mol. The second kappa shape index (κ2) is 9.41. The summed E-state index contributed by atoms with van der Waals surface area (Å²) in [6.45, 7) is 10.5. The smallest absolute Gasteiger partial charge is 0.316 e. The van der Waals surface area contributed by atoms with Crippen LogP contribution in [-0.4, -0.2) is 39.4 Å². The van der Waals surface area contributed by atoms with E-state index < -0.39 is 12.1 Å². The molecular weight excluding hydrogens is 251 g/mol. The van der Waals surface area contributed by atoms with Gasteiger partial charge in [-0.2, -0.15) is 4.99 Å². The number of ether oxygens (including phenoxy) is 3. The molecule has 5 nitrogen and oxygen atoms in total. The molecule has 0 fully saturated rings. The highest BCUT2D eigenvalue weighted by Crippen LogP contribution is 2.09. The van der Waals surface area contributed by atoms with Crippen LogP contribution in [0.2, 0.25) is 0 Å². The molecule has 0 aromatic heterocycles. The molecule has 0 saturated heterocycles. The minimum atomic E-state index is -0.740. The number of methoxy groups -OCH3 is 2. The van der Waals surface area contributed by atoms with Crippen molar-refractivity contribution < 1.29 is 18.6 Å². The van der Waals surface area contributed by atoms with Gasteiger partial charge in [0.05, 0.1) is 5.70 Å². The Bertz CT molecular complexity index is 361. The third-order valence-corrected chi connectivity index (χ3v) is 1.90. The summed E-state index contributed by atoms with van der Waals surface area (Å²) >= 11 is 0. The Hall–Kier alpha value is -1.53. The third-order valence-electron chi connectivity index (χ3n) is 1.90. The lowest BCUT2D eigenvalue weighted by Crippen LogP contribution is -2.22. The molecule has 0 radical (unpaired) electrons. The van der Waals surface area contributed by atoms with Gasteiger partial charge in [0, 0.05) is 20.4 Å². The normalized spacial score (nSPS) is 12.5. The second-order valence-corrected chi connectivity index (χ2v) is 3.98. The monoisotopic (exact) mass is 272 g/mol. The fourth-order valence-electron chi connectivity index (χ4n) is 0.862. The van der Waals surface area contributed by atoms with Crippen molar-refractivity contribution in [3.63, 3.8) is 0 Å². The van der Waals surface area contributed by atoms with Gasteiger partial charge in [0.1, 0.15) is 12.4 Å². The topological polar surface area (TPSA) is 52.4 Å². The van der Waals surface area contributed by atoms with Crippen molar-refractivity contribution in [1.29, 1.82) is 0 Å². The molecule has 0 heterocycles. The van der Waals surface area contributed by atoms with Crippen molar-refractivity contribution in [3.05, 3.63) is 24.7 Å². The molecular formula is C13H21FN2O3. The Kier molecular flexibility index (Phi) is 8.65. The maximum Gasteiger partial charge on any atom is 0.316 e. The lowest BCUT2D eigenvalue weighted by Gasteiger charge is -2.13. The van der Waals surface area contributed by atoms with Crippen molar-refractivity contribution in [3.8, 4) is 0 Å². The Labute approximate surface area is 113 Å². The van der Waals surface area contributed by atoms with Crippen LogP contribution < -0.4 is 0 Å². The molecule has 0 unspecified atom stereocenters. The summed E-state index contributed by atoms with van der Waals surface area (Å²) < 4.78 is 28.0. The van der Waals surface area contributed by atoms with Gasteiger partial charge in [-0.25, -0.2) is 9.38 Å².